The lowest BCUT2D eigenvalue weighted by Crippen LogP contribution is -2.37. The molecule has 4 fully saturated rings. The third-order valence-corrected chi connectivity index (χ3v) is 7.22. The molecular weight excluding hydrogens is 367 g/mol. The number of carbonyl (C=O) groups excluding carboxylic acids is 1. The summed E-state index contributed by atoms with van der Waals surface area (Å²) in [6.07, 6.45) is 7.28. The van der Waals surface area contributed by atoms with E-state index in [4.69, 9.17) is 5.26 Å². The average molecular weight is 392 g/mol. The second-order valence-corrected chi connectivity index (χ2v) is 9.42. The quantitative estimate of drug-likeness (QED) is 0.792. The van der Waals surface area contributed by atoms with E-state index in [1.165, 1.54) is 6.07 Å². The molecule has 1 aromatic heterocycles. The molecule has 1 aliphatic heterocycles. The van der Waals surface area contributed by atoms with Crippen LogP contribution in [0.1, 0.15) is 49.8 Å². The smallest absolute Gasteiger partial charge is 0.226 e. The Morgan fingerprint density at radius 3 is 2.93 bits per heavy atom. The maximum atomic E-state index is 13.8. The van der Waals surface area contributed by atoms with E-state index in [1.54, 1.807) is 24.5 Å². The van der Waals surface area contributed by atoms with Crippen LogP contribution >= 0.6 is 0 Å². The van der Waals surface area contributed by atoms with E-state index in [2.05, 4.69) is 18.1 Å². The number of amides is 1. The Morgan fingerprint density at radius 1 is 1.38 bits per heavy atom. The Kier molecular flexibility index (Phi) is 4.23. The van der Waals surface area contributed by atoms with Crippen LogP contribution in [-0.2, 0) is 11.3 Å². The summed E-state index contributed by atoms with van der Waals surface area (Å²) in [6.45, 7) is 3.69. The van der Waals surface area contributed by atoms with Crippen LogP contribution in [0.4, 0.5) is 4.39 Å². The van der Waals surface area contributed by atoms with Gasteiger partial charge in [-0.15, -0.1) is 0 Å². The first-order valence-corrected chi connectivity index (χ1v) is 10.4. The largest absolute Gasteiger partial charge is 0.335 e. The molecule has 29 heavy (non-hydrogen) atoms. The number of halogens is 1. The molecule has 2 unspecified atom stereocenters. The van der Waals surface area contributed by atoms with Crippen molar-refractivity contribution in [2.45, 2.75) is 45.2 Å². The van der Waals surface area contributed by atoms with Gasteiger partial charge in [0.05, 0.1) is 17.8 Å². The number of aromatic nitrogens is 2. The first-order chi connectivity index (χ1) is 14.0. The zero-order chi connectivity index (χ0) is 20.2. The summed E-state index contributed by atoms with van der Waals surface area (Å²) >= 11 is 0. The maximum Gasteiger partial charge on any atom is 0.226 e. The van der Waals surface area contributed by atoms with Gasteiger partial charge in [0, 0.05) is 25.2 Å². The van der Waals surface area contributed by atoms with Crippen LogP contribution in [0, 0.1) is 40.3 Å². The molecule has 1 aromatic carbocycles. The molecule has 5 nitrogen and oxygen atoms in total. The molecular formula is C23H25FN4O. The minimum Gasteiger partial charge on any atom is -0.335 e. The highest BCUT2D eigenvalue weighted by molar-refractivity contribution is 5.81. The fourth-order valence-corrected chi connectivity index (χ4v) is 6.00. The second kappa shape index (κ2) is 6.69. The van der Waals surface area contributed by atoms with Crippen LogP contribution in [0.5, 0.6) is 0 Å². The third kappa shape index (κ3) is 3.13. The Hall–Kier alpha value is -2.68. The predicted octanol–water partition coefficient (Wildman–Crippen LogP) is 3.92. The summed E-state index contributed by atoms with van der Waals surface area (Å²) in [5.41, 5.74) is 1.61. The van der Waals surface area contributed by atoms with Crippen molar-refractivity contribution in [2.24, 2.45) is 23.2 Å². The fourth-order valence-electron chi connectivity index (χ4n) is 6.00. The topological polar surface area (TPSA) is 61.9 Å². The molecule has 2 heterocycles. The van der Waals surface area contributed by atoms with E-state index in [1.807, 2.05) is 15.6 Å². The minimum atomic E-state index is -0.243. The third-order valence-electron chi connectivity index (χ3n) is 7.22. The van der Waals surface area contributed by atoms with Crippen LogP contribution in [0.3, 0.4) is 0 Å². The van der Waals surface area contributed by atoms with Crippen LogP contribution in [-0.4, -0.2) is 27.1 Å². The van der Waals surface area contributed by atoms with Gasteiger partial charge in [0.2, 0.25) is 5.91 Å². The number of nitriles is 1. The SMILES string of the molecule is CC1CC(c2cccc(F)c2)N(C(=O)[C@H]2CC3(Cn4cc(C#N)cn4)CC2C3)C1. The van der Waals surface area contributed by atoms with Gasteiger partial charge in [-0.1, -0.05) is 19.1 Å². The molecule has 6 heteroatoms. The van der Waals surface area contributed by atoms with E-state index >= 15 is 0 Å². The molecule has 2 bridgehead atoms. The fraction of sp³-hybridized carbons (Fsp3) is 0.522. The molecule has 6 rings (SSSR count). The Bertz CT molecular complexity index is 987. The van der Waals surface area contributed by atoms with Gasteiger partial charge in [-0.3, -0.25) is 9.48 Å². The molecule has 3 saturated carbocycles. The monoisotopic (exact) mass is 392 g/mol. The van der Waals surface area contributed by atoms with Gasteiger partial charge in [0.25, 0.3) is 0 Å². The summed E-state index contributed by atoms with van der Waals surface area (Å²) in [6, 6.07) is 8.80. The normalized spacial score (nSPS) is 32.8. The van der Waals surface area contributed by atoms with Crippen molar-refractivity contribution in [2.75, 3.05) is 6.54 Å². The lowest BCUT2D eigenvalue weighted by Gasteiger charge is -2.38. The van der Waals surface area contributed by atoms with Crippen molar-refractivity contribution in [3.63, 3.8) is 0 Å². The van der Waals surface area contributed by atoms with Crippen molar-refractivity contribution >= 4 is 5.91 Å². The second-order valence-electron chi connectivity index (χ2n) is 9.42. The molecule has 3 atom stereocenters. The highest BCUT2D eigenvalue weighted by atomic mass is 19.1. The first kappa shape index (κ1) is 18.4. The number of likely N-dealkylation sites (tertiary alicyclic amines) is 1. The Labute approximate surface area is 170 Å². The molecule has 150 valence electrons. The van der Waals surface area contributed by atoms with E-state index in [0.717, 1.165) is 44.3 Å². The molecule has 1 saturated heterocycles. The van der Waals surface area contributed by atoms with Crippen LogP contribution in [0.15, 0.2) is 36.7 Å². The summed E-state index contributed by atoms with van der Waals surface area (Å²) in [5.74, 6) is 0.921. The van der Waals surface area contributed by atoms with Crippen molar-refractivity contribution < 1.29 is 9.18 Å². The van der Waals surface area contributed by atoms with E-state index < -0.39 is 0 Å². The number of hydrogen-bond donors (Lipinski definition) is 0. The summed E-state index contributed by atoms with van der Waals surface area (Å²) in [7, 11) is 0. The predicted molar refractivity (Wildman–Crippen MR) is 105 cm³/mol. The highest BCUT2D eigenvalue weighted by Crippen LogP contribution is 2.63. The number of fused-ring (bicyclic) bond motifs is 1. The van der Waals surface area contributed by atoms with E-state index in [0.29, 0.717) is 17.4 Å². The van der Waals surface area contributed by atoms with Crippen molar-refractivity contribution in [1.29, 1.82) is 5.26 Å². The molecule has 0 N–H and O–H groups in total. The van der Waals surface area contributed by atoms with Crippen LogP contribution < -0.4 is 0 Å². The highest BCUT2D eigenvalue weighted by Gasteiger charge is 2.59. The summed E-state index contributed by atoms with van der Waals surface area (Å²) < 4.78 is 15.6. The van der Waals surface area contributed by atoms with E-state index in [9.17, 15) is 9.18 Å². The van der Waals surface area contributed by atoms with Crippen LogP contribution in [0.2, 0.25) is 0 Å². The standard InChI is InChI=1S/C23H25FN4O/c1-15-5-21(17-3-2-4-19(24)6-17)28(12-15)22(29)20-9-23(7-18(20)8-23)14-27-13-16(10-25)11-26-27/h2-4,6,11,13,15,18,20-21H,5,7-9,12,14H2,1H3/t15?,18?,20-,21?,23?/m0/s1. The van der Waals surface area contributed by atoms with Gasteiger partial charge >= 0.3 is 0 Å². The molecule has 2 aromatic rings. The number of benzene rings is 1. The average Bonchev–Trinajstić information content (AvgIpc) is 3.43. The first-order valence-electron chi connectivity index (χ1n) is 10.4. The zero-order valence-electron chi connectivity index (χ0n) is 16.6. The summed E-state index contributed by atoms with van der Waals surface area (Å²) in [4.78, 5) is 15.5. The zero-order valence-corrected chi connectivity index (χ0v) is 16.6. The minimum absolute atomic E-state index is 0.0220. The number of hydrogen-bond acceptors (Lipinski definition) is 3. The molecule has 4 aliphatic rings. The van der Waals surface area contributed by atoms with Crippen molar-refractivity contribution in [1.82, 2.24) is 14.7 Å². The van der Waals surface area contributed by atoms with E-state index in [-0.39, 0.29) is 29.1 Å². The van der Waals surface area contributed by atoms with Gasteiger partial charge in [-0.2, -0.15) is 10.4 Å². The molecule has 3 aliphatic carbocycles. The number of nitrogens with zero attached hydrogens (tertiary/aromatic N) is 4. The van der Waals surface area contributed by atoms with Gasteiger partial charge in [-0.05, 0) is 60.6 Å². The number of rotatable bonds is 4. The maximum absolute atomic E-state index is 13.8. The Morgan fingerprint density at radius 2 is 2.21 bits per heavy atom. The lowest BCUT2D eigenvalue weighted by atomic mass is 9.69. The molecule has 0 radical (unpaired) electrons. The Balaban J connectivity index is 1.31. The summed E-state index contributed by atoms with van der Waals surface area (Å²) in [5, 5.41) is 13.3. The molecule has 0 spiro atoms. The van der Waals surface area contributed by atoms with Crippen LogP contribution in [0.25, 0.3) is 0 Å². The van der Waals surface area contributed by atoms with Gasteiger partial charge in [-0.25, -0.2) is 4.39 Å². The lowest BCUT2D eigenvalue weighted by molar-refractivity contribution is -0.137. The van der Waals surface area contributed by atoms with Gasteiger partial charge in [0.1, 0.15) is 11.9 Å². The number of carbonyl (C=O) groups is 1. The van der Waals surface area contributed by atoms with Gasteiger partial charge in [0.15, 0.2) is 0 Å². The molecule has 1 amide bonds. The van der Waals surface area contributed by atoms with Gasteiger partial charge < -0.3 is 4.90 Å². The van der Waals surface area contributed by atoms with Crippen molar-refractivity contribution in [3.8, 4) is 6.07 Å². The van der Waals surface area contributed by atoms with Crippen molar-refractivity contribution in [3.05, 3.63) is 53.6 Å².